The lowest BCUT2D eigenvalue weighted by Crippen LogP contribution is -2.39. The van der Waals surface area contributed by atoms with Crippen LogP contribution in [-0.2, 0) is 5.41 Å². The summed E-state index contributed by atoms with van der Waals surface area (Å²) in [4.78, 5) is 2.32. The van der Waals surface area contributed by atoms with Crippen LogP contribution in [0.15, 0.2) is 186 Å². The van der Waals surface area contributed by atoms with E-state index in [1.54, 1.807) is 6.07 Å². The molecule has 8 aromatic carbocycles. The van der Waals surface area contributed by atoms with Crippen molar-refractivity contribution in [2.45, 2.75) is 5.41 Å². The van der Waals surface area contributed by atoms with Crippen molar-refractivity contribution in [1.82, 2.24) is 0 Å². The first-order valence-electron chi connectivity index (χ1n) is 18.5. The first kappa shape index (κ1) is 31.7. The largest absolute Gasteiger partial charge is 0.492 e. The standard InChI is InChI=1S/C49H32BNO4/c52-50(53)41-21-11-17-35-36-18-12-22-44(48(36)55-47(35)41)51-42-27-25-33(31-13-3-1-4-14-31)29-39(42)49(40-30-34(26-28-43(40)51)32-15-5-2-6-16-32)37-19-7-9-23-45(37)54-46-24-10-8-20-38(46)49/h1-30,52-53H. The van der Waals surface area contributed by atoms with Crippen molar-refractivity contribution in [3.63, 3.8) is 0 Å². The number of nitrogens with zero attached hydrogens (tertiary/aromatic N) is 1. The second-order valence-electron chi connectivity index (χ2n) is 14.2. The van der Waals surface area contributed by atoms with Gasteiger partial charge in [0.25, 0.3) is 0 Å². The van der Waals surface area contributed by atoms with E-state index in [4.69, 9.17) is 9.15 Å². The Labute approximate surface area is 318 Å². The molecule has 9 aromatic rings. The van der Waals surface area contributed by atoms with Crippen LogP contribution in [0.2, 0.25) is 0 Å². The fraction of sp³-hybridized carbons (Fsp3) is 0.0204. The van der Waals surface area contributed by atoms with Crippen LogP contribution in [0.3, 0.4) is 0 Å². The Balaban J connectivity index is 1.30. The van der Waals surface area contributed by atoms with Gasteiger partial charge in [0.2, 0.25) is 0 Å². The van der Waals surface area contributed by atoms with Gasteiger partial charge in [-0.3, -0.25) is 0 Å². The Kier molecular flexibility index (Phi) is 6.95. The van der Waals surface area contributed by atoms with Gasteiger partial charge in [-0.05, 0) is 75.8 Å². The summed E-state index contributed by atoms with van der Waals surface area (Å²) in [7, 11) is -1.68. The summed E-state index contributed by atoms with van der Waals surface area (Å²) < 4.78 is 13.4. The highest BCUT2D eigenvalue weighted by Crippen LogP contribution is 2.64. The van der Waals surface area contributed by atoms with Gasteiger partial charge in [-0.15, -0.1) is 0 Å². The Morgan fingerprint density at radius 3 is 1.49 bits per heavy atom. The number of ether oxygens (including phenoxy) is 1. The summed E-state index contributed by atoms with van der Waals surface area (Å²) in [6, 6.07) is 63.2. The topological polar surface area (TPSA) is 66.1 Å². The van der Waals surface area contributed by atoms with E-state index in [1.807, 2.05) is 48.5 Å². The van der Waals surface area contributed by atoms with E-state index in [0.717, 1.165) is 83.8 Å². The van der Waals surface area contributed by atoms with E-state index in [2.05, 4.69) is 132 Å². The molecule has 2 aliphatic rings. The van der Waals surface area contributed by atoms with Gasteiger partial charge >= 0.3 is 7.12 Å². The molecular weight excluding hydrogens is 677 g/mol. The molecule has 0 bridgehead atoms. The third kappa shape index (κ3) is 4.56. The van der Waals surface area contributed by atoms with Gasteiger partial charge in [0.05, 0.1) is 22.5 Å². The molecule has 55 heavy (non-hydrogen) atoms. The normalized spacial score (nSPS) is 13.5. The summed E-state index contributed by atoms with van der Waals surface area (Å²) in [6.45, 7) is 0. The molecule has 0 radical (unpaired) electrons. The van der Waals surface area contributed by atoms with Crippen LogP contribution in [0, 0.1) is 0 Å². The zero-order valence-electron chi connectivity index (χ0n) is 29.6. The Morgan fingerprint density at radius 2 is 0.927 bits per heavy atom. The molecule has 2 N–H and O–H groups in total. The molecule has 0 aliphatic carbocycles. The number of hydrogen-bond acceptors (Lipinski definition) is 5. The molecule has 0 amide bonds. The first-order chi connectivity index (χ1) is 27.1. The molecule has 0 atom stereocenters. The minimum Gasteiger partial charge on any atom is -0.457 e. The van der Waals surface area contributed by atoms with E-state index in [1.165, 1.54) is 0 Å². The average Bonchev–Trinajstić information content (AvgIpc) is 3.63. The second kappa shape index (κ2) is 12.1. The summed E-state index contributed by atoms with van der Waals surface area (Å²) in [5, 5.41) is 22.4. The van der Waals surface area contributed by atoms with Gasteiger partial charge in [0, 0.05) is 27.4 Å². The Bertz CT molecular complexity index is 2820. The van der Waals surface area contributed by atoms with Gasteiger partial charge in [0.15, 0.2) is 5.58 Å². The van der Waals surface area contributed by atoms with E-state index in [-0.39, 0.29) is 0 Å². The summed E-state index contributed by atoms with van der Waals surface area (Å²) in [6.07, 6.45) is 0. The fourth-order valence-corrected chi connectivity index (χ4v) is 9.00. The van der Waals surface area contributed by atoms with E-state index < -0.39 is 12.5 Å². The lowest BCUT2D eigenvalue weighted by Gasteiger charge is -2.49. The zero-order chi connectivity index (χ0) is 36.7. The molecular formula is C49H32BNO4. The van der Waals surface area contributed by atoms with Crippen LogP contribution in [0.4, 0.5) is 17.1 Å². The molecule has 11 rings (SSSR count). The third-order valence-electron chi connectivity index (χ3n) is 11.4. The van der Waals surface area contributed by atoms with Crippen molar-refractivity contribution in [2.24, 2.45) is 0 Å². The SMILES string of the molecule is OB(O)c1cccc2c1oc1c(N3c4ccc(-c5ccccc5)cc4C4(c5ccccc5Oc5ccccc54)c4cc(-c5ccccc5)ccc43)cccc12. The number of anilines is 3. The molecule has 6 heteroatoms. The van der Waals surface area contributed by atoms with Crippen molar-refractivity contribution < 1.29 is 19.2 Å². The van der Waals surface area contributed by atoms with Crippen LogP contribution >= 0.6 is 0 Å². The summed E-state index contributed by atoms with van der Waals surface area (Å²) in [5.41, 5.74) is 12.3. The predicted octanol–water partition coefficient (Wildman–Crippen LogP) is 10.9. The lowest BCUT2D eigenvalue weighted by molar-refractivity contribution is 0.425. The van der Waals surface area contributed by atoms with E-state index in [9.17, 15) is 10.0 Å². The number of hydrogen-bond donors (Lipinski definition) is 2. The molecule has 0 saturated heterocycles. The monoisotopic (exact) mass is 709 g/mol. The molecule has 3 heterocycles. The summed E-state index contributed by atoms with van der Waals surface area (Å²) in [5.74, 6) is 1.63. The highest BCUT2D eigenvalue weighted by atomic mass is 16.5. The van der Waals surface area contributed by atoms with Crippen molar-refractivity contribution >= 4 is 51.6 Å². The number of fused-ring (bicyclic) bond motifs is 11. The maximum absolute atomic E-state index is 10.3. The number of para-hydroxylation sites is 4. The zero-order valence-corrected chi connectivity index (χ0v) is 29.6. The van der Waals surface area contributed by atoms with Crippen LogP contribution in [0.5, 0.6) is 11.5 Å². The van der Waals surface area contributed by atoms with Crippen molar-refractivity contribution in [3.05, 3.63) is 204 Å². The number of furan rings is 1. The predicted molar refractivity (Wildman–Crippen MR) is 221 cm³/mol. The van der Waals surface area contributed by atoms with Crippen molar-refractivity contribution in [2.75, 3.05) is 4.90 Å². The molecule has 0 unspecified atom stereocenters. The minimum atomic E-state index is -1.68. The van der Waals surface area contributed by atoms with Gasteiger partial charge < -0.3 is 24.1 Å². The first-order valence-corrected chi connectivity index (χ1v) is 18.5. The molecule has 5 nitrogen and oxygen atoms in total. The maximum atomic E-state index is 10.3. The Morgan fingerprint density at radius 1 is 0.418 bits per heavy atom. The Hall–Kier alpha value is -6.86. The van der Waals surface area contributed by atoms with Gasteiger partial charge in [-0.25, -0.2) is 0 Å². The molecule has 0 fully saturated rings. The molecule has 2 aliphatic heterocycles. The van der Waals surface area contributed by atoms with Crippen LogP contribution < -0.4 is 15.1 Å². The highest BCUT2D eigenvalue weighted by molar-refractivity contribution is 6.61. The third-order valence-corrected chi connectivity index (χ3v) is 11.4. The minimum absolute atomic E-state index is 0.327. The average molecular weight is 710 g/mol. The van der Waals surface area contributed by atoms with Crippen LogP contribution in [0.25, 0.3) is 44.2 Å². The van der Waals surface area contributed by atoms with E-state index >= 15 is 0 Å². The second-order valence-corrected chi connectivity index (χ2v) is 14.2. The number of benzene rings is 8. The molecule has 260 valence electrons. The van der Waals surface area contributed by atoms with Crippen LogP contribution in [0.1, 0.15) is 22.3 Å². The smallest absolute Gasteiger partial charge is 0.457 e. The highest BCUT2D eigenvalue weighted by Gasteiger charge is 2.51. The van der Waals surface area contributed by atoms with E-state index in [0.29, 0.717) is 16.6 Å². The van der Waals surface area contributed by atoms with Crippen molar-refractivity contribution in [1.29, 1.82) is 0 Å². The number of rotatable bonds is 4. The quantitative estimate of drug-likeness (QED) is 0.178. The molecule has 1 aromatic heterocycles. The van der Waals surface area contributed by atoms with Gasteiger partial charge in [0.1, 0.15) is 17.1 Å². The lowest BCUT2D eigenvalue weighted by atomic mass is 9.60. The van der Waals surface area contributed by atoms with Crippen LogP contribution in [-0.4, -0.2) is 17.2 Å². The summed E-state index contributed by atoms with van der Waals surface area (Å²) >= 11 is 0. The maximum Gasteiger partial charge on any atom is 0.492 e. The van der Waals surface area contributed by atoms with Crippen molar-refractivity contribution in [3.8, 4) is 33.8 Å². The molecule has 1 spiro atoms. The van der Waals surface area contributed by atoms with Gasteiger partial charge in [-0.1, -0.05) is 140 Å². The van der Waals surface area contributed by atoms with Gasteiger partial charge in [-0.2, -0.15) is 0 Å². The fourth-order valence-electron chi connectivity index (χ4n) is 9.00. The molecule has 0 saturated carbocycles.